The Bertz CT molecular complexity index is 1070. The molecular formula is C19H15FN4O2. The average molecular weight is 350 g/mol. The fourth-order valence-electron chi connectivity index (χ4n) is 2.68. The maximum Gasteiger partial charge on any atom is 0.224 e. The largest absolute Gasteiger partial charge is 0.441 e. The van der Waals surface area contributed by atoms with Gasteiger partial charge in [0.15, 0.2) is 11.7 Å². The van der Waals surface area contributed by atoms with Crippen LogP contribution in [0.4, 0.5) is 10.1 Å². The van der Waals surface area contributed by atoms with Crippen LogP contribution in [0.1, 0.15) is 12.3 Å². The van der Waals surface area contributed by atoms with E-state index in [2.05, 4.69) is 20.5 Å². The number of rotatable bonds is 5. The lowest BCUT2D eigenvalue weighted by Crippen LogP contribution is -2.12. The summed E-state index contributed by atoms with van der Waals surface area (Å²) in [4.78, 5) is 16.2. The van der Waals surface area contributed by atoms with Gasteiger partial charge >= 0.3 is 0 Å². The van der Waals surface area contributed by atoms with Crippen LogP contribution in [0.15, 0.2) is 59.3 Å². The highest BCUT2D eigenvalue weighted by Gasteiger charge is 2.12. The predicted octanol–water partition coefficient (Wildman–Crippen LogP) is 3.93. The third-order valence-electron chi connectivity index (χ3n) is 3.98. The number of benzene rings is 2. The predicted molar refractivity (Wildman–Crippen MR) is 94.9 cm³/mol. The lowest BCUT2D eigenvalue weighted by Gasteiger charge is -2.04. The zero-order chi connectivity index (χ0) is 17.9. The molecular weight excluding hydrogens is 335 g/mol. The van der Waals surface area contributed by atoms with Gasteiger partial charge in [-0.15, -0.1) is 0 Å². The maximum atomic E-state index is 13.8. The Morgan fingerprint density at radius 1 is 1.19 bits per heavy atom. The molecule has 7 heteroatoms. The summed E-state index contributed by atoms with van der Waals surface area (Å²) in [5.41, 5.74) is 1.95. The van der Waals surface area contributed by atoms with Crippen molar-refractivity contribution in [3.05, 3.63) is 66.6 Å². The Kier molecular flexibility index (Phi) is 4.18. The summed E-state index contributed by atoms with van der Waals surface area (Å²) in [5, 5.41) is 10.6. The molecule has 0 atom stereocenters. The number of aryl methyl sites for hydroxylation is 1. The highest BCUT2D eigenvalue weighted by molar-refractivity contribution is 5.93. The molecule has 0 saturated carbocycles. The summed E-state index contributed by atoms with van der Waals surface area (Å²) in [6.07, 6.45) is 3.70. The van der Waals surface area contributed by atoms with Crippen molar-refractivity contribution in [2.75, 3.05) is 5.32 Å². The molecule has 0 spiro atoms. The van der Waals surface area contributed by atoms with Crippen LogP contribution in [0.3, 0.4) is 0 Å². The molecule has 2 aromatic carbocycles. The smallest absolute Gasteiger partial charge is 0.224 e. The number of fused-ring (bicyclic) bond motifs is 1. The number of oxazole rings is 1. The zero-order valence-electron chi connectivity index (χ0n) is 13.7. The third-order valence-corrected chi connectivity index (χ3v) is 3.98. The summed E-state index contributed by atoms with van der Waals surface area (Å²) >= 11 is 0. The van der Waals surface area contributed by atoms with Crippen molar-refractivity contribution in [2.45, 2.75) is 12.8 Å². The number of aromatic amines is 1. The molecule has 0 unspecified atom stereocenters. The van der Waals surface area contributed by atoms with E-state index >= 15 is 0 Å². The number of carbonyl (C=O) groups is 1. The van der Waals surface area contributed by atoms with E-state index in [1.807, 2.05) is 12.1 Å². The molecule has 1 amide bonds. The van der Waals surface area contributed by atoms with Gasteiger partial charge in [0, 0.05) is 23.9 Å². The number of hydrogen-bond donors (Lipinski definition) is 2. The summed E-state index contributed by atoms with van der Waals surface area (Å²) in [6.45, 7) is 0. The first kappa shape index (κ1) is 16.0. The van der Waals surface area contributed by atoms with E-state index in [0.29, 0.717) is 29.3 Å². The van der Waals surface area contributed by atoms with Crippen LogP contribution in [0.25, 0.3) is 22.2 Å². The fraction of sp³-hybridized carbons (Fsp3) is 0.105. The Hall–Kier alpha value is -3.48. The van der Waals surface area contributed by atoms with Crippen molar-refractivity contribution in [2.24, 2.45) is 0 Å². The van der Waals surface area contributed by atoms with Crippen LogP contribution in [0.5, 0.6) is 0 Å². The van der Waals surface area contributed by atoms with Gasteiger partial charge in [0.2, 0.25) is 5.91 Å². The van der Waals surface area contributed by atoms with Gasteiger partial charge in [0.1, 0.15) is 5.82 Å². The zero-order valence-corrected chi connectivity index (χ0v) is 13.7. The van der Waals surface area contributed by atoms with Crippen molar-refractivity contribution in [3.63, 3.8) is 0 Å². The van der Waals surface area contributed by atoms with E-state index in [4.69, 9.17) is 4.42 Å². The van der Waals surface area contributed by atoms with Gasteiger partial charge in [-0.1, -0.05) is 12.1 Å². The second kappa shape index (κ2) is 6.79. The Labute approximate surface area is 148 Å². The van der Waals surface area contributed by atoms with Gasteiger partial charge in [-0.3, -0.25) is 9.89 Å². The first-order valence-electron chi connectivity index (χ1n) is 8.11. The first-order chi connectivity index (χ1) is 12.7. The SMILES string of the molecule is O=C(CCc1ncc(-c2ccccc2F)o1)Nc1ccc2[nH]ncc2c1. The van der Waals surface area contributed by atoms with Gasteiger partial charge in [-0.25, -0.2) is 9.37 Å². The highest BCUT2D eigenvalue weighted by Crippen LogP contribution is 2.23. The van der Waals surface area contributed by atoms with Gasteiger partial charge in [0.25, 0.3) is 0 Å². The van der Waals surface area contributed by atoms with Crippen molar-refractivity contribution in [1.29, 1.82) is 0 Å². The van der Waals surface area contributed by atoms with Gasteiger partial charge in [0.05, 0.1) is 23.5 Å². The number of anilines is 1. The van der Waals surface area contributed by atoms with E-state index < -0.39 is 0 Å². The van der Waals surface area contributed by atoms with Crippen LogP contribution in [-0.2, 0) is 11.2 Å². The quantitative estimate of drug-likeness (QED) is 0.571. The molecule has 2 N–H and O–H groups in total. The number of carbonyl (C=O) groups excluding carboxylic acids is 1. The van der Waals surface area contributed by atoms with E-state index in [-0.39, 0.29) is 18.1 Å². The van der Waals surface area contributed by atoms with Crippen LogP contribution in [-0.4, -0.2) is 21.1 Å². The number of hydrogen-bond acceptors (Lipinski definition) is 4. The third kappa shape index (κ3) is 3.32. The van der Waals surface area contributed by atoms with Crippen molar-refractivity contribution >= 4 is 22.5 Å². The summed E-state index contributed by atoms with van der Waals surface area (Å²) in [5.74, 6) is 0.216. The van der Waals surface area contributed by atoms with E-state index in [1.165, 1.54) is 12.3 Å². The van der Waals surface area contributed by atoms with Crippen LogP contribution >= 0.6 is 0 Å². The summed E-state index contributed by atoms with van der Waals surface area (Å²) in [6, 6.07) is 11.8. The maximum absolute atomic E-state index is 13.8. The lowest BCUT2D eigenvalue weighted by molar-refractivity contribution is -0.116. The minimum absolute atomic E-state index is 0.154. The molecule has 26 heavy (non-hydrogen) atoms. The second-order valence-corrected chi connectivity index (χ2v) is 5.82. The molecule has 4 aromatic rings. The van der Waals surface area contributed by atoms with E-state index in [1.54, 1.807) is 30.5 Å². The standard InChI is InChI=1S/C19H15FN4O2/c20-15-4-2-1-3-14(15)17-11-21-19(26-17)8-7-18(25)23-13-5-6-16-12(9-13)10-22-24-16/h1-6,9-11H,7-8H2,(H,22,24)(H,23,25). The highest BCUT2D eigenvalue weighted by atomic mass is 19.1. The molecule has 0 aliphatic carbocycles. The Balaban J connectivity index is 1.38. The minimum Gasteiger partial charge on any atom is -0.441 e. The second-order valence-electron chi connectivity index (χ2n) is 5.82. The van der Waals surface area contributed by atoms with E-state index in [0.717, 1.165) is 10.9 Å². The molecule has 0 aliphatic heterocycles. The number of aromatic nitrogens is 3. The molecule has 0 fully saturated rings. The minimum atomic E-state index is -0.373. The molecule has 2 aromatic heterocycles. The molecule has 0 aliphatic rings. The van der Waals surface area contributed by atoms with Crippen LogP contribution in [0.2, 0.25) is 0 Å². The molecule has 0 saturated heterocycles. The van der Waals surface area contributed by atoms with Crippen molar-refractivity contribution < 1.29 is 13.6 Å². The monoisotopic (exact) mass is 350 g/mol. The first-order valence-corrected chi connectivity index (χ1v) is 8.11. The topological polar surface area (TPSA) is 83.8 Å². The van der Waals surface area contributed by atoms with Crippen LogP contribution in [0, 0.1) is 5.82 Å². The number of halogens is 1. The summed E-state index contributed by atoms with van der Waals surface area (Å²) < 4.78 is 19.3. The molecule has 0 radical (unpaired) electrons. The lowest BCUT2D eigenvalue weighted by atomic mass is 10.2. The van der Waals surface area contributed by atoms with Gasteiger partial charge in [-0.2, -0.15) is 5.10 Å². The average Bonchev–Trinajstić information content (AvgIpc) is 3.29. The van der Waals surface area contributed by atoms with Crippen LogP contribution < -0.4 is 5.32 Å². The number of amides is 1. The Morgan fingerprint density at radius 3 is 2.96 bits per heavy atom. The fourth-order valence-corrected chi connectivity index (χ4v) is 2.68. The molecule has 130 valence electrons. The molecule has 4 rings (SSSR count). The normalized spacial score (nSPS) is 11.0. The van der Waals surface area contributed by atoms with Gasteiger partial charge < -0.3 is 9.73 Å². The molecule has 6 nitrogen and oxygen atoms in total. The molecule has 0 bridgehead atoms. The number of nitrogens with zero attached hydrogens (tertiary/aromatic N) is 2. The van der Waals surface area contributed by atoms with Crippen molar-refractivity contribution in [3.8, 4) is 11.3 Å². The number of H-pyrrole nitrogens is 1. The van der Waals surface area contributed by atoms with Crippen molar-refractivity contribution in [1.82, 2.24) is 15.2 Å². The Morgan fingerprint density at radius 2 is 2.08 bits per heavy atom. The van der Waals surface area contributed by atoms with Gasteiger partial charge in [-0.05, 0) is 30.3 Å². The van der Waals surface area contributed by atoms with E-state index in [9.17, 15) is 9.18 Å². The summed E-state index contributed by atoms with van der Waals surface area (Å²) in [7, 11) is 0. The molecule has 2 heterocycles. The number of nitrogens with one attached hydrogen (secondary N) is 2.